The average molecular weight is 377 g/mol. The summed E-state index contributed by atoms with van der Waals surface area (Å²) in [4.78, 5) is 20.4. The highest BCUT2D eigenvalue weighted by atomic mass is 16.4. The van der Waals surface area contributed by atoms with Crippen LogP contribution in [0.5, 0.6) is 0 Å². The standard InChI is InChI=1S/C21H23N5O2/c1-4-14-9-10-22-17(11-14)20-24-23-19(28-20)16-12-15-7-5-6-8-18(15)26(13-16)21(27)25(2)3/h5-11,16H,4,12-13H2,1-3H3. The molecule has 3 heterocycles. The number of rotatable bonds is 3. The van der Waals surface area contributed by atoms with Gasteiger partial charge in [0, 0.05) is 32.5 Å². The Kier molecular flexibility index (Phi) is 4.81. The number of hydrogen-bond acceptors (Lipinski definition) is 5. The fourth-order valence-corrected chi connectivity index (χ4v) is 3.50. The number of pyridine rings is 1. The van der Waals surface area contributed by atoms with Gasteiger partial charge in [0.2, 0.25) is 5.89 Å². The number of para-hydroxylation sites is 1. The maximum Gasteiger partial charge on any atom is 0.323 e. The zero-order chi connectivity index (χ0) is 19.7. The van der Waals surface area contributed by atoms with E-state index in [1.807, 2.05) is 36.4 Å². The van der Waals surface area contributed by atoms with Crippen LogP contribution in [0.25, 0.3) is 11.6 Å². The molecule has 7 nitrogen and oxygen atoms in total. The Morgan fingerprint density at radius 1 is 1.25 bits per heavy atom. The third-order valence-electron chi connectivity index (χ3n) is 5.01. The summed E-state index contributed by atoms with van der Waals surface area (Å²) in [6, 6.07) is 11.8. The number of amides is 2. The molecule has 1 aromatic carbocycles. The lowest BCUT2D eigenvalue weighted by atomic mass is 9.92. The highest BCUT2D eigenvalue weighted by Gasteiger charge is 2.33. The Bertz CT molecular complexity index is 998. The van der Waals surface area contributed by atoms with Crippen molar-refractivity contribution in [2.75, 3.05) is 25.5 Å². The molecule has 1 aliphatic rings. The largest absolute Gasteiger partial charge is 0.419 e. The van der Waals surface area contributed by atoms with Crippen molar-refractivity contribution in [2.45, 2.75) is 25.7 Å². The monoisotopic (exact) mass is 377 g/mol. The Labute approximate surface area is 164 Å². The summed E-state index contributed by atoms with van der Waals surface area (Å²) in [5, 5.41) is 8.48. The van der Waals surface area contributed by atoms with E-state index in [1.165, 1.54) is 5.56 Å². The molecule has 1 aliphatic heterocycles. The zero-order valence-corrected chi connectivity index (χ0v) is 16.3. The van der Waals surface area contributed by atoms with Crippen LogP contribution >= 0.6 is 0 Å². The normalized spacial score (nSPS) is 16.0. The Balaban J connectivity index is 1.65. The SMILES string of the molecule is CCc1ccnc(-c2nnc(C3Cc4ccccc4N(C(=O)N(C)C)C3)o2)c1. The summed E-state index contributed by atoms with van der Waals surface area (Å²) in [5.41, 5.74) is 3.88. The van der Waals surface area contributed by atoms with Gasteiger partial charge in [-0.3, -0.25) is 9.88 Å². The first-order valence-corrected chi connectivity index (χ1v) is 9.42. The van der Waals surface area contributed by atoms with E-state index >= 15 is 0 Å². The lowest BCUT2D eigenvalue weighted by Crippen LogP contribution is -2.44. The second kappa shape index (κ2) is 7.42. The van der Waals surface area contributed by atoms with Crippen molar-refractivity contribution in [3.05, 3.63) is 59.6 Å². The number of benzene rings is 1. The van der Waals surface area contributed by atoms with Crippen LogP contribution in [0.4, 0.5) is 10.5 Å². The molecule has 1 atom stereocenters. The number of fused-ring (bicyclic) bond motifs is 1. The Morgan fingerprint density at radius 3 is 2.86 bits per heavy atom. The topological polar surface area (TPSA) is 75.4 Å². The molecule has 2 aromatic heterocycles. The highest BCUT2D eigenvalue weighted by Crippen LogP contribution is 2.35. The number of carbonyl (C=O) groups excluding carboxylic acids is 1. The summed E-state index contributed by atoms with van der Waals surface area (Å²) in [6.07, 6.45) is 3.42. The summed E-state index contributed by atoms with van der Waals surface area (Å²) in [7, 11) is 3.51. The van der Waals surface area contributed by atoms with E-state index in [2.05, 4.69) is 22.1 Å². The first kappa shape index (κ1) is 18.2. The minimum absolute atomic E-state index is 0.0607. The van der Waals surface area contributed by atoms with Gasteiger partial charge < -0.3 is 9.32 Å². The molecule has 3 aromatic rings. The molecule has 0 bridgehead atoms. The van der Waals surface area contributed by atoms with Crippen molar-refractivity contribution in [1.29, 1.82) is 0 Å². The van der Waals surface area contributed by atoms with Crippen molar-refractivity contribution >= 4 is 11.7 Å². The van der Waals surface area contributed by atoms with Crippen molar-refractivity contribution in [1.82, 2.24) is 20.1 Å². The van der Waals surface area contributed by atoms with Gasteiger partial charge in [-0.15, -0.1) is 10.2 Å². The minimum atomic E-state index is -0.0609. The number of aromatic nitrogens is 3. The van der Waals surface area contributed by atoms with Gasteiger partial charge in [0.1, 0.15) is 5.69 Å². The molecule has 0 N–H and O–H groups in total. The van der Waals surface area contributed by atoms with Gasteiger partial charge in [0.15, 0.2) is 0 Å². The molecule has 144 valence electrons. The van der Waals surface area contributed by atoms with Gasteiger partial charge in [0.25, 0.3) is 5.89 Å². The fraction of sp³-hybridized carbons (Fsp3) is 0.333. The third kappa shape index (κ3) is 3.35. The molecular formula is C21H23N5O2. The quantitative estimate of drug-likeness (QED) is 0.698. The molecule has 28 heavy (non-hydrogen) atoms. The van der Waals surface area contributed by atoms with E-state index in [0.29, 0.717) is 24.0 Å². The highest BCUT2D eigenvalue weighted by molar-refractivity contribution is 5.93. The number of urea groups is 1. The lowest BCUT2D eigenvalue weighted by Gasteiger charge is -2.34. The molecule has 0 saturated heterocycles. The van der Waals surface area contributed by atoms with Crippen LogP contribution in [0.2, 0.25) is 0 Å². The maximum absolute atomic E-state index is 12.7. The number of carbonyl (C=O) groups is 1. The molecule has 0 spiro atoms. The molecule has 0 saturated carbocycles. The Morgan fingerprint density at radius 2 is 2.07 bits per heavy atom. The molecular weight excluding hydrogens is 354 g/mol. The lowest BCUT2D eigenvalue weighted by molar-refractivity contribution is 0.222. The second-order valence-corrected chi connectivity index (χ2v) is 7.17. The smallest absolute Gasteiger partial charge is 0.323 e. The van der Waals surface area contributed by atoms with E-state index < -0.39 is 0 Å². The van der Waals surface area contributed by atoms with Gasteiger partial charge in [-0.25, -0.2) is 4.79 Å². The molecule has 0 aliphatic carbocycles. The Hall–Kier alpha value is -3.22. The van der Waals surface area contributed by atoms with E-state index in [4.69, 9.17) is 4.42 Å². The van der Waals surface area contributed by atoms with Gasteiger partial charge in [-0.1, -0.05) is 25.1 Å². The first-order chi connectivity index (χ1) is 13.6. The summed E-state index contributed by atoms with van der Waals surface area (Å²) >= 11 is 0. The van der Waals surface area contributed by atoms with Crippen molar-refractivity contribution in [3.8, 4) is 11.6 Å². The summed E-state index contributed by atoms with van der Waals surface area (Å²) < 4.78 is 5.98. The zero-order valence-electron chi connectivity index (χ0n) is 16.3. The van der Waals surface area contributed by atoms with Crippen LogP contribution < -0.4 is 4.90 Å². The van der Waals surface area contributed by atoms with Crippen LogP contribution in [0.15, 0.2) is 47.0 Å². The van der Waals surface area contributed by atoms with Crippen molar-refractivity contribution < 1.29 is 9.21 Å². The van der Waals surface area contributed by atoms with Gasteiger partial charge in [-0.05, 0) is 42.2 Å². The molecule has 0 radical (unpaired) electrons. The van der Waals surface area contributed by atoms with E-state index in [0.717, 1.165) is 24.1 Å². The predicted molar refractivity (Wildman–Crippen MR) is 106 cm³/mol. The maximum atomic E-state index is 12.7. The van der Waals surface area contributed by atoms with Crippen molar-refractivity contribution in [3.63, 3.8) is 0 Å². The fourth-order valence-electron chi connectivity index (χ4n) is 3.50. The van der Waals surface area contributed by atoms with E-state index in [1.54, 1.807) is 30.1 Å². The molecule has 4 rings (SSSR count). The second-order valence-electron chi connectivity index (χ2n) is 7.17. The van der Waals surface area contributed by atoms with E-state index in [-0.39, 0.29) is 11.9 Å². The number of aryl methyl sites for hydroxylation is 1. The van der Waals surface area contributed by atoms with Crippen molar-refractivity contribution in [2.24, 2.45) is 0 Å². The van der Waals surface area contributed by atoms with Crippen LogP contribution in [0.1, 0.15) is 29.9 Å². The number of anilines is 1. The van der Waals surface area contributed by atoms with Crippen LogP contribution in [-0.4, -0.2) is 46.8 Å². The molecule has 2 amide bonds. The minimum Gasteiger partial charge on any atom is -0.419 e. The molecule has 1 unspecified atom stereocenters. The van der Waals surface area contributed by atoms with Crippen LogP contribution in [-0.2, 0) is 12.8 Å². The van der Waals surface area contributed by atoms with Crippen LogP contribution in [0.3, 0.4) is 0 Å². The first-order valence-electron chi connectivity index (χ1n) is 9.42. The summed E-state index contributed by atoms with van der Waals surface area (Å²) in [6.45, 7) is 2.59. The van der Waals surface area contributed by atoms with Crippen LogP contribution in [0, 0.1) is 0 Å². The predicted octanol–water partition coefficient (Wildman–Crippen LogP) is 3.52. The summed E-state index contributed by atoms with van der Waals surface area (Å²) in [5.74, 6) is 0.883. The van der Waals surface area contributed by atoms with Gasteiger partial charge >= 0.3 is 6.03 Å². The number of nitrogens with zero attached hydrogens (tertiary/aromatic N) is 5. The van der Waals surface area contributed by atoms with E-state index in [9.17, 15) is 4.79 Å². The average Bonchev–Trinajstić information content (AvgIpc) is 3.22. The van der Waals surface area contributed by atoms with Gasteiger partial charge in [0.05, 0.1) is 5.92 Å². The molecule has 7 heteroatoms. The molecule has 0 fully saturated rings. The number of hydrogen-bond donors (Lipinski definition) is 0. The van der Waals surface area contributed by atoms with Gasteiger partial charge in [-0.2, -0.15) is 0 Å². The third-order valence-corrected chi connectivity index (χ3v) is 5.01.